The summed E-state index contributed by atoms with van der Waals surface area (Å²) in [4.78, 5) is 26.1. The summed E-state index contributed by atoms with van der Waals surface area (Å²) in [6, 6.07) is 4.41. The number of esters is 2. The molecule has 48 heavy (non-hydrogen) atoms. The van der Waals surface area contributed by atoms with E-state index < -0.39 is 23.8 Å². The second kappa shape index (κ2) is 20.1. The van der Waals surface area contributed by atoms with Crippen LogP contribution >= 0.6 is 0 Å². The van der Waals surface area contributed by atoms with Crippen LogP contribution in [0.25, 0.3) is 0 Å². The second-order valence-corrected chi connectivity index (χ2v) is 15.0. The van der Waals surface area contributed by atoms with Crippen LogP contribution in [0.3, 0.4) is 0 Å². The Labute approximate surface area is 291 Å². The minimum atomic E-state index is -0.932. The summed E-state index contributed by atoms with van der Waals surface area (Å²) in [5.74, 6) is -2.16. The van der Waals surface area contributed by atoms with Gasteiger partial charge in [-0.1, -0.05) is 106 Å². The molecule has 0 spiro atoms. The highest BCUT2D eigenvalue weighted by molar-refractivity contribution is 5.79. The van der Waals surface area contributed by atoms with Gasteiger partial charge in [-0.25, -0.2) is 0 Å². The monoisotopic (exact) mass is 662 g/mol. The number of hydrogen-bond acceptors (Lipinski definition) is 8. The molecule has 0 saturated carbocycles. The number of nitrogens with one attached hydrogen (secondary N) is 2. The first-order valence-corrected chi connectivity index (χ1v) is 18.3. The van der Waals surface area contributed by atoms with Gasteiger partial charge in [0.1, 0.15) is 0 Å². The number of nitriles is 2. The van der Waals surface area contributed by atoms with Crippen LogP contribution in [0.1, 0.15) is 120 Å². The van der Waals surface area contributed by atoms with Crippen LogP contribution in [0.15, 0.2) is 46.8 Å². The van der Waals surface area contributed by atoms with Crippen LogP contribution in [0.2, 0.25) is 0 Å². The number of carbonyl (C=O) groups excluding carboxylic acids is 2. The van der Waals surface area contributed by atoms with E-state index >= 15 is 0 Å². The summed E-state index contributed by atoms with van der Waals surface area (Å²) < 4.78 is 11.3. The largest absolute Gasteiger partial charge is 0.464 e. The highest BCUT2D eigenvalue weighted by Crippen LogP contribution is 2.37. The summed E-state index contributed by atoms with van der Waals surface area (Å²) in [6.07, 6.45) is 17.7. The van der Waals surface area contributed by atoms with Gasteiger partial charge in [-0.3, -0.25) is 9.59 Å². The molecule has 2 aliphatic carbocycles. The number of ether oxygens (including phenoxy) is 2. The Kier molecular flexibility index (Phi) is 17.0. The first-order chi connectivity index (χ1) is 22.8. The van der Waals surface area contributed by atoms with Gasteiger partial charge in [-0.2, -0.15) is 10.5 Å². The van der Waals surface area contributed by atoms with Crippen LogP contribution in [0.4, 0.5) is 0 Å². The van der Waals surface area contributed by atoms with E-state index in [1.165, 1.54) is 0 Å². The average Bonchev–Trinajstić information content (AvgIpc) is 3.02. The molecule has 4 unspecified atom stereocenters. The van der Waals surface area contributed by atoms with E-state index in [0.29, 0.717) is 51.0 Å². The van der Waals surface area contributed by atoms with E-state index in [4.69, 9.17) is 9.47 Å². The van der Waals surface area contributed by atoms with Crippen LogP contribution in [0.5, 0.6) is 0 Å². The van der Waals surface area contributed by atoms with Gasteiger partial charge >= 0.3 is 11.9 Å². The van der Waals surface area contributed by atoms with Crippen molar-refractivity contribution in [2.45, 2.75) is 120 Å². The maximum atomic E-state index is 13.0. The zero-order valence-electron chi connectivity index (χ0n) is 31.0. The van der Waals surface area contributed by atoms with Crippen LogP contribution in [-0.2, 0) is 19.1 Å². The SMILES string of the molecule is CCCCC(CC)COC(=O)C(C#N)C1=CC(NCCNC2=CC(C)(C)CC(C(C#N)C(=O)OCC(CC)CCCC)=C2)=CC(C)(C)C1. The highest BCUT2D eigenvalue weighted by atomic mass is 16.5. The molecule has 0 bridgehead atoms. The molecule has 8 heteroatoms. The molecule has 0 amide bonds. The fraction of sp³-hybridized carbons (Fsp3) is 0.700. The number of hydrogen-bond donors (Lipinski definition) is 2. The zero-order chi connectivity index (χ0) is 35.7. The van der Waals surface area contributed by atoms with Crippen molar-refractivity contribution >= 4 is 11.9 Å². The Hall–Kier alpha value is -3.52. The van der Waals surface area contributed by atoms with E-state index in [1.807, 2.05) is 12.2 Å². The minimum Gasteiger partial charge on any atom is -0.464 e. The number of rotatable bonds is 21. The molecule has 2 aliphatic rings. The number of unbranched alkanes of at least 4 members (excludes halogenated alkanes) is 2. The first-order valence-electron chi connectivity index (χ1n) is 18.3. The topological polar surface area (TPSA) is 124 Å². The fourth-order valence-corrected chi connectivity index (χ4v) is 6.51. The quantitative estimate of drug-likeness (QED) is 0.0927. The Morgan fingerprint density at radius 2 is 1.10 bits per heavy atom. The van der Waals surface area contributed by atoms with E-state index in [-0.39, 0.29) is 10.8 Å². The molecular weight excluding hydrogens is 600 g/mol. The molecule has 4 atom stereocenters. The van der Waals surface area contributed by atoms with Gasteiger partial charge in [0.2, 0.25) is 0 Å². The summed E-state index contributed by atoms with van der Waals surface area (Å²) in [5.41, 5.74) is 2.81. The standard InChI is InChI=1S/C40H62N4O4/c1-9-13-15-29(11-3)27-47-37(45)35(25-41)31-19-33(23-39(5,6)21-31)43-17-18-44-34-20-32(22-40(7,8)24-34)36(26-42)38(46)48-28-30(12-4)16-14-10-2/h19-20,23-24,29-30,35-36,43-44H,9-18,21-22,27-28H2,1-8H3. The predicted molar refractivity (Wildman–Crippen MR) is 192 cm³/mol. The molecule has 0 saturated heterocycles. The minimum absolute atomic E-state index is 0.232. The van der Waals surface area contributed by atoms with Crippen molar-refractivity contribution in [2.24, 2.45) is 34.5 Å². The molecular formula is C40H62N4O4. The first kappa shape index (κ1) is 40.7. The van der Waals surface area contributed by atoms with Crippen LogP contribution < -0.4 is 10.6 Å². The molecule has 2 N–H and O–H groups in total. The van der Waals surface area contributed by atoms with E-state index in [1.54, 1.807) is 0 Å². The van der Waals surface area contributed by atoms with Gasteiger partial charge in [0, 0.05) is 24.5 Å². The maximum absolute atomic E-state index is 13.0. The molecule has 0 heterocycles. The lowest BCUT2D eigenvalue weighted by molar-refractivity contribution is -0.148. The second-order valence-electron chi connectivity index (χ2n) is 15.0. The molecule has 0 fully saturated rings. The van der Waals surface area contributed by atoms with Crippen molar-refractivity contribution in [1.29, 1.82) is 10.5 Å². The van der Waals surface area contributed by atoms with E-state index in [9.17, 15) is 20.1 Å². The summed E-state index contributed by atoms with van der Waals surface area (Å²) in [7, 11) is 0. The average molecular weight is 663 g/mol. The lowest BCUT2D eigenvalue weighted by Crippen LogP contribution is -2.32. The third-order valence-corrected chi connectivity index (χ3v) is 9.36. The smallest absolute Gasteiger partial charge is 0.327 e. The van der Waals surface area contributed by atoms with Crippen molar-refractivity contribution in [3.8, 4) is 12.1 Å². The Morgan fingerprint density at radius 1 is 0.729 bits per heavy atom. The molecule has 266 valence electrons. The van der Waals surface area contributed by atoms with Crippen molar-refractivity contribution in [3.63, 3.8) is 0 Å². The van der Waals surface area contributed by atoms with Gasteiger partial charge in [0.15, 0.2) is 11.8 Å². The molecule has 0 aromatic carbocycles. The predicted octanol–water partition coefficient (Wildman–Crippen LogP) is 8.44. The summed E-state index contributed by atoms with van der Waals surface area (Å²) in [5, 5.41) is 26.9. The molecule has 0 aromatic rings. The number of carbonyl (C=O) groups is 2. The normalized spacial score (nSPS) is 19.0. The van der Waals surface area contributed by atoms with Crippen molar-refractivity contribution in [1.82, 2.24) is 10.6 Å². The van der Waals surface area contributed by atoms with Gasteiger partial charge in [0.25, 0.3) is 0 Å². The zero-order valence-corrected chi connectivity index (χ0v) is 31.0. The van der Waals surface area contributed by atoms with Crippen LogP contribution in [-0.4, -0.2) is 38.2 Å². The maximum Gasteiger partial charge on any atom is 0.327 e. The van der Waals surface area contributed by atoms with Gasteiger partial charge in [-0.05, 0) is 71.6 Å². The molecule has 0 aromatic heterocycles. The van der Waals surface area contributed by atoms with Crippen molar-refractivity contribution < 1.29 is 19.1 Å². The van der Waals surface area contributed by atoms with Gasteiger partial charge in [-0.15, -0.1) is 0 Å². The Balaban J connectivity index is 2.03. The Bertz CT molecular complexity index is 1180. The third kappa shape index (κ3) is 13.5. The molecule has 0 radical (unpaired) electrons. The Morgan fingerprint density at radius 3 is 1.42 bits per heavy atom. The summed E-state index contributed by atoms with van der Waals surface area (Å²) >= 11 is 0. The fourth-order valence-electron chi connectivity index (χ4n) is 6.51. The third-order valence-electron chi connectivity index (χ3n) is 9.36. The lowest BCUT2D eigenvalue weighted by Gasteiger charge is -2.31. The summed E-state index contributed by atoms with van der Waals surface area (Å²) in [6.45, 7) is 18.8. The van der Waals surface area contributed by atoms with Crippen molar-refractivity contribution in [3.05, 3.63) is 46.8 Å². The van der Waals surface area contributed by atoms with E-state index in [2.05, 4.69) is 90.3 Å². The molecule has 2 rings (SSSR count). The van der Waals surface area contributed by atoms with Gasteiger partial charge in [0.05, 0.1) is 25.4 Å². The lowest BCUT2D eigenvalue weighted by atomic mass is 9.77. The van der Waals surface area contributed by atoms with Gasteiger partial charge < -0.3 is 20.1 Å². The van der Waals surface area contributed by atoms with Crippen molar-refractivity contribution in [2.75, 3.05) is 26.3 Å². The molecule has 0 aliphatic heterocycles. The number of nitrogens with zero attached hydrogens (tertiary/aromatic N) is 2. The number of allylic oxidation sites excluding steroid dienone is 4. The van der Waals surface area contributed by atoms with E-state index in [0.717, 1.165) is 73.9 Å². The molecule has 8 nitrogen and oxygen atoms in total. The highest BCUT2D eigenvalue weighted by Gasteiger charge is 2.33. The van der Waals surface area contributed by atoms with Crippen LogP contribution in [0, 0.1) is 57.2 Å².